The van der Waals surface area contributed by atoms with Crippen molar-refractivity contribution in [2.45, 2.75) is 44.9 Å². The van der Waals surface area contributed by atoms with Crippen LogP contribution in [0.4, 0.5) is 17.5 Å². The van der Waals surface area contributed by atoms with E-state index in [-0.39, 0.29) is 42.0 Å². The highest BCUT2D eigenvalue weighted by Crippen LogP contribution is 2.30. The van der Waals surface area contributed by atoms with E-state index in [2.05, 4.69) is 39.3 Å². The first-order valence-electron chi connectivity index (χ1n) is 13.0. The van der Waals surface area contributed by atoms with E-state index in [1.165, 1.54) is 6.08 Å². The minimum Gasteiger partial charge on any atom is -0.457 e. The van der Waals surface area contributed by atoms with Gasteiger partial charge in [-0.15, -0.1) is 10.2 Å². The van der Waals surface area contributed by atoms with Crippen molar-refractivity contribution >= 4 is 35.2 Å². The van der Waals surface area contributed by atoms with Crippen LogP contribution in [0.1, 0.15) is 52.6 Å². The summed E-state index contributed by atoms with van der Waals surface area (Å²) in [5.41, 5.74) is 7.26. The Labute approximate surface area is 232 Å². The van der Waals surface area contributed by atoms with Gasteiger partial charge in [0.05, 0.1) is 5.56 Å². The number of nitrogens with zero attached hydrogens (tertiary/aromatic N) is 4. The first-order chi connectivity index (χ1) is 19.3. The summed E-state index contributed by atoms with van der Waals surface area (Å²) in [6.07, 6.45) is 3.93. The second kappa shape index (κ2) is 12.8. The minimum atomic E-state index is -0.781. The highest BCUT2D eigenvalue weighted by atomic mass is 16.5. The average Bonchev–Trinajstić information content (AvgIpc) is 2.97. The fourth-order valence-corrected chi connectivity index (χ4v) is 4.83. The van der Waals surface area contributed by atoms with Crippen LogP contribution in [0, 0.1) is 5.92 Å². The van der Waals surface area contributed by atoms with Crippen molar-refractivity contribution in [3.8, 4) is 0 Å². The van der Waals surface area contributed by atoms with Crippen molar-refractivity contribution in [3.63, 3.8) is 0 Å². The third-order valence-electron chi connectivity index (χ3n) is 7.09. The number of nitrogens with one attached hydrogen (secondary N) is 2. The lowest BCUT2D eigenvalue weighted by Crippen LogP contribution is -2.51. The van der Waals surface area contributed by atoms with Crippen LogP contribution >= 0.6 is 0 Å². The molecule has 40 heavy (non-hydrogen) atoms. The van der Waals surface area contributed by atoms with Gasteiger partial charge >= 0.3 is 5.97 Å². The third kappa shape index (κ3) is 6.79. The van der Waals surface area contributed by atoms with Gasteiger partial charge in [0.15, 0.2) is 11.5 Å². The molecule has 208 valence electrons. The lowest BCUT2D eigenvalue weighted by Gasteiger charge is -2.41. The molecule has 0 radical (unpaired) electrons. The fraction of sp³-hybridized carbons (Fsp3) is 0.310. The van der Waals surface area contributed by atoms with Crippen molar-refractivity contribution in [3.05, 3.63) is 84.1 Å². The lowest BCUT2D eigenvalue weighted by atomic mass is 9.81. The summed E-state index contributed by atoms with van der Waals surface area (Å²) in [6.45, 7) is 5.78. The highest BCUT2D eigenvalue weighted by Gasteiger charge is 2.34. The van der Waals surface area contributed by atoms with Crippen LogP contribution in [0.25, 0.3) is 0 Å². The van der Waals surface area contributed by atoms with Crippen LogP contribution < -0.4 is 21.3 Å². The number of nitrogens with two attached hydrogens (primary N) is 1. The smallest absolute Gasteiger partial charge is 0.338 e. The molecule has 1 saturated carbocycles. The fourth-order valence-electron chi connectivity index (χ4n) is 4.83. The summed E-state index contributed by atoms with van der Waals surface area (Å²) in [5.74, 6) is -0.885. The number of aromatic nitrogens is 3. The molecule has 1 fully saturated rings. The molecule has 11 heteroatoms. The van der Waals surface area contributed by atoms with E-state index in [4.69, 9.17) is 10.5 Å². The molecule has 0 bridgehead atoms. The normalized spacial score (nSPS) is 18.3. The number of benzene rings is 2. The van der Waals surface area contributed by atoms with Crippen molar-refractivity contribution in [1.29, 1.82) is 0 Å². The molecule has 0 spiro atoms. The Kier molecular flexibility index (Phi) is 9.05. The molecule has 11 nitrogen and oxygen atoms in total. The van der Waals surface area contributed by atoms with Crippen molar-refractivity contribution in [2.24, 2.45) is 11.7 Å². The minimum absolute atomic E-state index is 0.0138. The molecule has 4 N–H and O–H groups in total. The maximum Gasteiger partial charge on any atom is 0.338 e. The first kappa shape index (κ1) is 28.2. The molecule has 1 aliphatic rings. The maximum absolute atomic E-state index is 12.5. The molecule has 2 amide bonds. The predicted molar refractivity (Wildman–Crippen MR) is 151 cm³/mol. The average molecular weight is 544 g/mol. The SMILES string of the molecule is C=CC(=O)NC1CCC[C@@H](N(C)c2nnc(C(N)=O)c(Nc3ccc(C(=O)OCc4ccccc4)cc3)n2)[C@H]1C. The van der Waals surface area contributed by atoms with Crippen molar-refractivity contribution in [2.75, 3.05) is 17.3 Å². The lowest BCUT2D eigenvalue weighted by molar-refractivity contribution is -0.117. The Bertz CT molecular complexity index is 1360. The van der Waals surface area contributed by atoms with Crippen LogP contribution in [0.2, 0.25) is 0 Å². The second-order valence-electron chi connectivity index (χ2n) is 9.72. The van der Waals surface area contributed by atoms with Crippen LogP contribution in [-0.2, 0) is 16.1 Å². The molecule has 3 aromatic rings. The first-order valence-corrected chi connectivity index (χ1v) is 13.0. The standard InChI is InChI=1S/C29H33N7O4/c1-4-24(37)32-22-11-8-12-23(18(22)2)36(3)29-33-27(25(26(30)38)34-35-29)31-21-15-13-20(14-16-21)28(39)40-17-19-9-6-5-7-10-19/h4-7,9-10,13-16,18,22-23H,1,8,11-12,17H2,2-3H3,(H2,30,38)(H,32,37)(H,31,33,35)/t18-,22?,23+/m0/s1. The number of carbonyl (C=O) groups excluding carboxylic acids is 3. The van der Waals surface area contributed by atoms with Crippen LogP contribution in [0.3, 0.4) is 0 Å². The number of carbonyl (C=O) groups is 3. The van der Waals surface area contributed by atoms with Crippen LogP contribution in [0.5, 0.6) is 0 Å². The molecule has 1 aliphatic carbocycles. The summed E-state index contributed by atoms with van der Waals surface area (Å²) in [7, 11) is 1.86. The summed E-state index contributed by atoms with van der Waals surface area (Å²) >= 11 is 0. The molecule has 2 aromatic carbocycles. The molecule has 3 atom stereocenters. The summed E-state index contributed by atoms with van der Waals surface area (Å²) < 4.78 is 5.38. The van der Waals surface area contributed by atoms with Gasteiger partial charge < -0.3 is 26.0 Å². The molecule has 1 unspecified atom stereocenters. The largest absolute Gasteiger partial charge is 0.457 e. The Morgan fingerprint density at radius 2 is 1.82 bits per heavy atom. The van der Waals surface area contributed by atoms with E-state index in [1.54, 1.807) is 24.3 Å². The number of hydrogen-bond acceptors (Lipinski definition) is 9. The Balaban J connectivity index is 1.48. The Morgan fingerprint density at radius 3 is 2.50 bits per heavy atom. The van der Waals surface area contributed by atoms with Gasteiger partial charge in [0.1, 0.15) is 6.61 Å². The van der Waals surface area contributed by atoms with E-state index >= 15 is 0 Å². The van der Waals surface area contributed by atoms with Crippen molar-refractivity contribution in [1.82, 2.24) is 20.5 Å². The third-order valence-corrected chi connectivity index (χ3v) is 7.09. The number of primary amides is 1. The van der Waals surface area contributed by atoms with Crippen LogP contribution in [0.15, 0.2) is 67.3 Å². The molecule has 0 saturated heterocycles. The Morgan fingerprint density at radius 1 is 1.10 bits per heavy atom. The number of amides is 2. The molecule has 4 rings (SSSR count). The van der Waals surface area contributed by atoms with Gasteiger partial charge in [0, 0.05) is 24.8 Å². The number of esters is 1. The zero-order valence-corrected chi connectivity index (χ0v) is 22.5. The van der Waals surface area contributed by atoms with Gasteiger partial charge in [-0.25, -0.2) is 4.79 Å². The van der Waals surface area contributed by atoms with E-state index in [1.807, 2.05) is 42.3 Å². The molecular formula is C29H33N7O4. The number of hydrogen-bond donors (Lipinski definition) is 3. The summed E-state index contributed by atoms with van der Waals surface area (Å²) in [5, 5.41) is 14.3. The van der Waals surface area contributed by atoms with Gasteiger partial charge in [-0.1, -0.05) is 43.8 Å². The predicted octanol–water partition coefficient (Wildman–Crippen LogP) is 3.37. The van der Waals surface area contributed by atoms with Gasteiger partial charge in [0.25, 0.3) is 5.91 Å². The van der Waals surface area contributed by atoms with Crippen molar-refractivity contribution < 1.29 is 19.1 Å². The topological polar surface area (TPSA) is 152 Å². The molecule has 0 aliphatic heterocycles. The molecule has 1 aromatic heterocycles. The zero-order chi connectivity index (χ0) is 28.6. The summed E-state index contributed by atoms with van der Waals surface area (Å²) in [6, 6.07) is 16.0. The van der Waals surface area contributed by atoms with Gasteiger partial charge in [-0.05, 0) is 61.1 Å². The number of anilines is 3. The summed E-state index contributed by atoms with van der Waals surface area (Å²) in [4.78, 5) is 42.9. The zero-order valence-electron chi connectivity index (χ0n) is 22.5. The second-order valence-corrected chi connectivity index (χ2v) is 9.72. The van der Waals surface area contributed by atoms with Gasteiger partial charge in [-0.3, -0.25) is 9.59 Å². The van der Waals surface area contributed by atoms with Gasteiger partial charge in [0.2, 0.25) is 11.9 Å². The van der Waals surface area contributed by atoms with Gasteiger partial charge in [-0.2, -0.15) is 4.98 Å². The molecule has 1 heterocycles. The number of ether oxygens (including phenoxy) is 1. The monoisotopic (exact) mass is 543 g/mol. The Hall–Kier alpha value is -4.80. The van der Waals surface area contributed by atoms with E-state index < -0.39 is 11.9 Å². The quantitative estimate of drug-likeness (QED) is 0.258. The molecular weight excluding hydrogens is 510 g/mol. The van der Waals surface area contributed by atoms with E-state index in [9.17, 15) is 14.4 Å². The van der Waals surface area contributed by atoms with Crippen LogP contribution in [-0.4, -0.2) is 52.1 Å². The van der Waals surface area contributed by atoms with E-state index in [0.29, 0.717) is 17.2 Å². The number of rotatable bonds is 10. The maximum atomic E-state index is 12.5. The highest BCUT2D eigenvalue weighted by molar-refractivity contribution is 5.96. The van der Waals surface area contributed by atoms with E-state index in [0.717, 1.165) is 24.8 Å².